The SMILES string of the molecule is CN(c1cc(C(=O)N[C@H](Cc2ccccc2)[C@@H](O)CNCc2cccc(C(F)(F)F)c2)cc(C(=O)N2CCCC2c2ccccc2)c1)S(C)(=O)=O. The Balaban J connectivity index is 1.40. The van der Waals surface area contributed by atoms with Crippen LogP contribution in [0.4, 0.5) is 18.9 Å². The first kappa shape index (κ1) is 37.5. The Morgan fingerprint density at radius 1 is 0.922 bits per heavy atom. The zero-order chi connectivity index (χ0) is 36.8. The molecule has 4 aromatic rings. The Morgan fingerprint density at radius 3 is 2.24 bits per heavy atom. The Morgan fingerprint density at radius 2 is 1.57 bits per heavy atom. The molecule has 1 aliphatic rings. The maximum atomic E-state index is 14.0. The summed E-state index contributed by atoms with van der Waals surface area (Å²) in [6.45, 7) is 0.466. The Bertz CT molecular complexity index is 1930. The molecule has 3 atom stereocenters. The van der Waals surface area contributed by atoms with Gasteiger partial charge in [-0.3, -0.25) is 13.9 Å². The van der Waals surface area contributed by atoms with Crippen LogP contribution in [-0.4, -0.2) is 68.8 Å². The predicted octanol–water partition coefficient (Wildman–Crippen LogP) is 5.57. The Hall–Kier alpha value is -4.72. The minimum absolute atomic E-state index is 0.0176. The first-order chi connectivity index (χ1) is 24.2. The van der Waals surface area contributed by atoms with Crippen LogP contribution in [0.5, 0.6) is 0 Å². The summed E-state index contributed by atoms with van der Waals surface area (Å²) >= 11 is 0. The Labute approximate surface area is 296 Å². The van der Waals surface area contributed by atoms with Crippen LogP contribution in [0, 0.1) is 0 Å². The van der Waals surface area contributed by atoms with Crippen molar-refractivity contribution in [3.8, 4) is 0 Å². The number of nitrogens with zero attached hydrogens (tertiary/aromatic N) is 2. The molecule has 2 amide bonds. The van der Waals surface area contributed by atoms with Gasteiger partial charge >= 0.3 is 6.18 Å². The number of benzene rings is 4. The van der Waals surface area contributed by atoms with Crippen molar-refractivity contribution in [2.45, 2.75) is 50.2 Å². The van der Waals surface area contributed by atoms with E-state index in [1.165, 1.54) is 31.3 Å². The summed E-state index contributed by atoms with van der Waals surface area (Å²) in [4.78, 5) is 29.7. The molecule has 0 bridgehead atoms. The quantitative estimate of drug-likeness (QED) is 0.166. The molecule has 1 saturated heterocycles. The molecule has 0 saturated carbocycles. The van der Waals surface area contributed by atoms with Crippen LogP contribution in [0.1, 0.15) is 61.9 Å². The van der Waals surface area contributed by atoms with Crippen LogP contribution in [0.25, 0.3) is 0 Å². The van der Waals surface area contributed by atoms with Crippen molar-refractivity contribution >= 4 is 27.5 Å². The van der Waals surface area contributed by atoms with Gasteiger partial charge in [-0.05, 0) is 60.2 Å². The molecular formula is C38H41F3N4O5S. The van der Waals surface area contributed by atoms with E-state index in [-0.39, 0.29) is 48.3 Å². The molecule has 0 aromatic heterocycles. The van der Waals surface area contributed by atoms with Crippen molar-refractivity contribution in [2.24, 2.45) is 0 Å². The second kappa shape index (κ2) is 16.1. The molecule has 1 fully saturated rings. The number of halogens is 3. The summed E-state index contributed by atoms with van der Waals surface area (Å²) in [5.74, 6) is -0.995. The molecule has 0 spiro atoms. The van der Waals surface area contributed by atoms with Gasteiger partial charge in [0.25, 0.3) is 11.8 Å². The van der Waals surface area contributed by atoms with Crippen LogP contribution < -0.4 is 14.9 Å². The number of amides is 2. The highest BCUT2D eigenvalue weighted by atomic mass is 32.2. The van der Waals surface area contributed by atoms with E-state index in [9.17, 15) is 36.3 Å². The largest absolute Gasteiger partial charge is 0.416 e. The van der Waals surface area contributed by atoms with Gasteiger partial charge in [0.1, 0.15) is 0 Å². The van der Waals surface area contributed by atoms with E-state index in [4.69, 9.17) is 0 Å². The number of nitrogens with one attached hydrogen (secondary N) is 2. The number of carbonyl (C=O) groups is 2. The van der Waals surface area contributed by atoms with Gasteiger partial charge in [0.05, 0.1) is 35.7 Å². The van der Waals surface area contributed by atoms with Crippen molar-refractivity contribution in [1.29, 1.82) is 0 Å². The standard InChI is InChI=1S/C38H41F3N4O5S/c1-44(51(2,49)50)32-22-29(21-30(23-32)37(48)45-18-10-17-34(45)28-14-7-4-8-15-28)36(47)43-33(20-26-11-5-3-6-12-26)35(46)25-42-24-27-13-9-16-31(19-27)38(39,40)41/h3-9,11-16,19,21-23,33-35,42,46H,10,17-18,20,24-25H2,1-2H3,(H,43,47)/t33-,34?,35+/m1/s1. The number of anilines is 1. The second-order valence-corrected chi connectivity index (χ2v) is 14.7. The number of carbonyl (C=O) groups excluding carboxylic acids is 2. The predicted molar refractivity (Wildman–Crippen MR) is 190 cm³/mol. The third-order valence-electron chi connectivity index (χ3n) is 9.00. The van der Waals surface area contributed by atoms with Crippen LogP contribution >= 0.6 is 0 Å². The lowest BCUT2D eigenvalue weighted by atomic mass is 9.99. The lowest BCUT2D eigenvalue weighted by molar-refractivity contribution is -0.137. The van der Waals surface area contributed by atoms with Gasteiger partial charge in [0, 0.05) is 37.8 Å². The molecule has 4 aromatic carbocycles. The molecule has 270 valence electrons. The number of rotatable bonds is 13. The highest BCUT2D eigenvalue weighted by molar-refractivity contribution is 7.92. The van der Waals surface area contributed by atoms with Crippen LogP contribution in [-0.2, 0) is 29.2 Å². The van der Waals surface area contributed by atoms with Gasteiger partial charge in [0.15, 0.2) is 0 Å². The fourth-order valence-electron chi connectivity index (χ4n) is 6.20. The average Bonchev–Trinajstić information content (AvgIpc) is 3.61. The highest BCUT2D eigenvalue weighted by Crippen LogP contribution is 2.34. The van der Waals surface area contributed by atoms with E-state index < -0.39 is 39.8 Å². The normalized spacial score (nSPS) is 16.0. The summed E-state index contributed by atoms with van der Waals surface area (Å²) in [7, 11) is -2.43. The number of alkyl halides is 3. The third-order valence-corrected chi connectivity index (χ3v) is 10.2. The zero-order valence-electron chi connectivity index (χ0n) is 28.3. The highest BCUT2D eigenvalue weighted by Gasteiger charge is 2.33. The number of likely N-dealkylation sites (tertiary alicyclic amines) is 1. The molecule has 0 aliphatic carbocycles. The fourth-order valence-corrected chi connectivity index (χ4v) is 6.69. The molecule has 1 heterocycles. The lowest BCUT2D eigenvalue weighted by Gasteiger charge is -2.27. The number of hydrogen-bond donors (Lipinski definition) is 3. The van der Waals surface area contributed by atoms with E-state index in [0.29, 0.717) is 12.1 Å². The molecule has 5 rings (SSSR count). The van der Waals surface area contributed by atoms with Crippen molar-refractivity contribution in [3.05, 3.63) is 137 Å². The maximum absolute atomic E-state index is 14.0. The Kier molecular flexibility index (Phi) is 11.8. The van der Waals surface area contributed by atoms with E-state index in [1.807, 2.05) is 60.7 Å². The van der Waals surface area contributed by atoms with Crippen LogP contribution in [0.15, 0.2) is 103 Å². The molecule has 0 radical (unpaired) electrons. The number of hydrogen-bond acceptors (Lipinski definition) is 6. The lowest BCUT2D eigenvalue weighted by Crippen LogP contribution is -2.48. The molecule has 3 N–H and O–H groups in total. The van der Waals surface area contributed by atoms with Gasteiger partial charge in [-0.1, -0.05) is 78.9 Å². The maximum Gasteiger partial charge on any atom is 0.416 e. The average molecular weight is 723 g/mol. The van der Waals surface area contributed by atoms with Crippen LogP contribution in [0.3, 0.4) is 0 Å². The zero-order valence-corrected chi connectivity index (χ0v) is 29.1. The van der Waals surface area contributed by atoms with Gasteiger partial charge in [0.2, 0.25) is 10.0 Å². The summed E-state index contributed by atoms with van der Waals surface area (Å²) < 4.78 is 65.7. The van der Waals surface area contributed by atoms with E-state index in [0.717, 1.165) is 46.7 Å². The number of aliphatic hydroxyl groups is 1. The minimum Gasteiger partial charge on any atom is -0.390 e. The first-order valence-electron chi connectivity index (χ1n) is 16.6. The smallest absolute Gasteiger partial charge is 0.390 e. The van der Waals surface area contributed by atoms with Crippen molar-refractivity contribution in [3.63, 3.8) is 0 Å². The topological polar surface area (TPSA) is 119 Å². The van der Waals surface area contributed by atoms with E-state index in [2.05, 4.69) is 10.6 Å². The van der Waals surface area contributed by atoms with Crippen molar-refractivity contribution in [1.82, 2.24) is 15.5 Å². The van der Waals surface area contributed by atoms with Gasteiger partial charge in [-0.25, -0.2) is 8.42 Å². The summed E-state index contributed by atoms with van der Waals surface area (Å²) in [6.07, 6.45) is -2.91. The fraction of sp³-hybridized carbons (Fsp3) is 0.316. The van der Waals surface area contributed by atoms with Crippen molar-refractivity contribution in [2.75, 3.05) is 30.7 Å². The number of aliphatic hydroxyl groups excluding tert-OH is 1. The van der Waals surface area contributed by atoms with Gasteiger partial charge < -0.3 is 20.6 Å². The summed E-state index contributed by atoms with van der Waals surface area (Å²) in [6, 6.07) is 26.8. The molecule has 13 heteroatoms. The monoisotopic (exact) mass is 722 g/mol. The van der Waals surface area contributed by atoms with E-state index >= 15 is 0 Å². The minimum atomic E-state index is -4.49. The molecule has 51 heavy (non-hydrogen) atoms. The van der Waals surface area contributed by atoms with Crippen molar-refractivity contribution < 1.29 is 36.3 Å². The van der Waals surface area contributed by atoms with E-state index in [1.54, 1.807) is 11.0 Å². The molecule has 1 unspecified atom stereocenters. The van der Waals surface area contributed by atoms with Crippen LogP contribution in [0.2, 0.25) is 0 Å². The third kappa shape index (κ3) is 9.75. The second-order valence-electron chi connectivity index (χ2n) is 12.7. The molecule has 1 aliphatic heterocycles. The number of sulfonamides is 1. The molecule has 9 nitrogen and oxygen atoms in total. The van der Waals surface area contributed by atoms with Gasteiger partial charge in [-0.15, -0.1) is 0 Å². The summed E-state index contributed by atoms with van der Waals surface area (Å²) in [5.41, 5.74) is 1.65. The molecular weight excluding hydrogens is 682 g/mol. The summed E-state index contributed by atoms with van der Waals surface area (Å²) in [5, 5.41) is 17.1. The first-order valence-corrected chi connectivity index (χ1v) is 18.4. The van der Waals surface area contributed by atoms with Gasteiger partial charge in [-0.2, -0.15) is 13.2 Å².